The van der Waals surface area contributed by atoms with Gasteiger partial charge in [0.15, 0.2) is 12.6 Å². The molecule has 29 nitrogen and oxygen atoms in total. The highest BCUT2D eigenvalue weighted by atomic mass is 16.7. The maximum Gasteiger partial charge on any atom is 0.308 e. The monoisotopic (exact) mass is 1180 g/mol. The lowest BCUT2D eigenvalue weighted by molar-refractivity contribution is -0.347. The number of aliphatic carboxylic acids is 1. The van der Waals surface area contributed by atoms with Crippen LogP contribution in [0.25, 0.3) is 0 Å². The third kappa shape index (κ3) is 18.4. The van der Waals surface area contributed by atoms with Crippen LogP contribution in [0, 0.1) is 35.5 Å². The van der Waals surface area contributed by atoms with Gasteiger partial charge in [-0.25, -0.2) is 0 Å². The van der Waals surface area contributed by atoms with Crippen LogP contribution in [0.15, 0.2) is 0 Å². The summed E-state index contributed by atoms with van der Waals surface area (Å²) in [5.74, 6) is -10.1. The molecule has 3 saturated heterocycles. The average molecular weight is 1180 g/mol. The minimum atomic E-state index is -1.93. The number of carbonyl (C=O) groups is 9. The highest BCUT2D eigenvalue weighted by Gasteiger charge is 2.53. The van der Waals surface area contributed by atoms with Gasteiger partial charge in [0.2, 0.25) is 47.3 Å². The summed E-state index contributed by atoms with van der Waals surface area (Å²) in [5.41, 5.74) is 6.40. The number of likely N-dealkylation sites (tertiary alicyclic amines) is 1. The molecular weight excluding hydrogens is 1080 g/mol. The number of nitrogens with zero attached hydrogens (tertiary/aromatic N) is 1. The zero-order valence-electron chi connectivity index (χ0n) is 49.4. The van der Waals surface area contributed by atoms with Crippen LogP contribution in [0.1, 0.15) is 110 Å². The predicted molar refractivity (Wildman–Crippen MR) is 290 cm³/mol. The number of hydrogen-bond acceptors (Lipinski definition) is 20. The number of carbonyl (C=O) groups excluding carboxylic acids is 8. The number of carboxylic acid groups (broad SMARTS) is 1. The molecule has 8 amide bonds. The molecule has 0 aliphatic carbocycles. The van der Waals surface area contributed by atoms with Crippen molar-refractivity contribution in [2.75, 3.05) is 19.8 Å². The molecule has 0 bridgehead atoms. The molecule has 3 fully saturated rings. The van der Waals surface area contributed by atoms with E-state index in [1.165, 1.54) is 25.7 Å². The highest BCUT2D eigenvalue weighted by Crippen LogP contribution is 2.31. The topological polar surface area (TPSA) is 446 Å². The van der Waals surface area contributed by atoms with Gasteiger partial charge in [0, 0.05) is 19.5 Å². The average Bonchev–Trinajstić information content (AvgIpc) is 4.03. The van der Waals surface area contributed by atoms with E-state index >= 15 is 0 Å². The number of nitrogens with two attached hydrogens (primary N) is 1. The molecule has 0 aromatic rings. The number of amides is 8. The van der Waals surface area contributed by atoms with Crippen molar-refractivity contribution in [3.8, 4) is 0 Å². The van der Waals surface area contributed by atoms with E-state index in [1.807, 2.05) is 0 Å². The van der Waals surface area contributed by atoms with Gasteiger partial charge in [0.25, 0.3) is 0 Å². The number of carboxylic acids is 1. The third-order valence-electron chi connectivity index (χ3n) is 15.0. The molecule has 470 valence electrons. The zero-order chi connectivity index (χ0) is 62.5. The Morgan fingerprint density at radius 2 is 1.05 bits per heavy atom. The number of nitrogens with one attached hydrogen (secondary N) is 7. The van der Waals surface area contributed by atoms with Gasteiger partial charge in [0.1, 0.15) is 91.1 Å². The number of rotatable bonds is 28. The molecule has 3 aliphatic rings. The van der Waals surface area contributed by atoms with E-state index in [0.29, 0.717) is 6.42 Å². The van der Waals surface area contributed by atoms with Crippen molar-refractivity contribution < 1.29 is 97.8 Å². The van der Waals surface area contributed by atoms with Crippen molar-refractivity contribution in [2.24, 2.45) is 41.2 Å². The summed E-state index contributed by atoms with van der Waals surface area (Å²) < 4.78 is 23.1. The first kappa shape index (κ1) is 71.1. The predicted octanol–water partition coefficient (Wildman–Crippen LogP) is -4.59. The molecule has 20 atom stereocenters. The Hall–Kier alpha value is -5.21. The third-order valence-corrected chi connectivity index (χ3v) is 15.0. The summed E-state index contributed by atoms with van der Waals surface area (Å²) in [4.78, 5) is 123. The van der Waals surface area contributed by atoms with Gasteiger partial charge in [-0.15, -0.1) is 0 Å². The number of ether oxygens (including phenoxy) is 4. The van der Waals surface area contributed by atoms with E-state index in [9.17, 15) is 78.9 Å². The normalized spacial score (nSPS) is 28.2. The van der Waals surface area contributed by atoms with Crippen LogP contribution < -0.4 is 43.0 Å². The molecule has 0 unspecified atom stereocenters. The Morgan fingerprint density at radius 3 is 1.51 bits per heavy atom. The van der Waals surface area contributed by atoms with Crippen molar-refractivity contribution in [1.82, 2.24) is 42.1 Å². The molecule has 0 saturated carbocycles. The first-order valence-corrected chi connectivity index (χ1v) is 28.1. The molecule has 0 aromatic heterocycles. The van der Waals surface area contributed by atoms with Crippen LogP contribution in [-0.2, 0) is 62.1 Å². The second-order valence-corrected chi connectivity index (χ2v) is 23.4. The van der Waals surface area contributed by atoms with E-state index in [0.717, 1.165) is 6.92 Å². The Labute approximate surface area is 478 Å². The van der Waals surface area contributed by atoms with E-state index < -0.39 is 212 Å². The number of aliphatic hydroxyl groups is 6. The largest absolute Gasteiger partial charge is 0.481 e. The summed E-state index contributed by atoms with van der Waals surface area (Å²) in [5, 5.41) is 90.6. The van der Waals surface area contributed by atoms with Crippen LogP contribution >= 0.6 is 0 Å². The smallest absolute Gasteiger partial charge is 0.308 e. The number of aliphatic hydroxyl groups excluding tert-OH is 6. The van der Waals surface area contributed by atoms with Crippen molar-refractivity contribution in [3.63, 3.8) is 0 Å². The second-order valence-electron chi connectivity index (χ2n) is 23.4. The van der Waals surface area contributed by atoms with Crippen molar-refractivity contribution in [3.05, 3.63) is 0 Å². The Kier molecular flexibility index (Phi) is 27.4. The Balaban J connectivity index is 1.71. The Bertz CT molecular complexity index is 2190. The first-order valence-electron chi connectivity index (χ1n) is 28.1. The van der Waals surface area contributed by atoms with Crippen molar-refractivity contribution in [2.45, 2.75) is 226 Å². The molecule has 29 heteroatoms. The fraction of sp³-hybridized carbons (Fsp3) is 0.830. The maximum absolute atomic E-state index is 14.3. The minimum Gasteiger partial charge on any atom is -0.481 e. The van der Waals surface area contributed by atoms with Crippen LogP contribution in [0.3, 0.4) is 0 Å². The molecule has 3 rings (SSSR count). The van der Waals surface area contributed by atoms with E-state index in [1.54, 1.807) is 69.2 Å². The molecule has 0 aromatic carbocycles. The summed E-state index contributed by atoms with van der Waals surface area (Å²) in [6.07, 6.45) is -16.0. The molecule has 3 heterocycles. The lowest BCUT2D eigenvalue weighted by Gasteiger charge is -2.48. The van der Waals surface area contributed by atoms with Crippen molar-refractivity contribution >= 4 is 53.2 Å². The van der Waals surface area contributed by atoms with Gasteiger partial charge >= 0.3 is 5.97 Å². The lowest BCUT2D eigenvalue weighted by atomic mass is 9.91. The van der Waals surface area contributed by atoms with Crippen LogP contribution in [-0.4, -0.2) is 229 Å². The summed E-state index contributed by atoms with van der Waals surface area (Å²) in [6, 6.07) is -10.9. The number of hydrogen-bond donors (Lipinski definition) is 15. The minimum absolute atomic E-state index is 0.0983. The van der Waals surface area contributed by atoms with Crippen LogP contribution in [0.2, 0.25) is 0 Å². The fourth-order valence-corrected chi connectivity index (χ4v) is 9.84. The zero-order valence-corrected chi connectivity index (χ0v) is 49.4. The lowest BCUT2D eigenvalue weighted by Crippen LogP contribution is -2.68. The summed E-state index contributed by atoms with van der Waals surface area (Å²) in [6.45, 7) is 20.7. The molecule has 0 spiro atoms. The van der Waals surface area contributed by atoms with Gasteiger partial charge in [-0.1, -0.05) is 69.2 Å². The molecular formula is C53H93N9O20. The van der Waals surface area contributed by atoms with Crippen LogP contribution in [0.4, 0.5) is 0 Å². The second kappa shape index (κ2) is 31.6. The van der Waals surface area contributed by atoms with Crippen molar-refractivity contribution in [1.29, 1.82) is 0 Å². The van der Waals surface area contributed by atoms with Gasteiger partial charge in [-0.05, 0) is 63.2 Å². The van der Waals surface area contributed by atoms with Gasteiger partial charge in [-0.3, -0.25) is 43.2 Å². The summed E-state index contributed by atoms with van der Waals surface area (Å²) in [7, 11) is 0. The molecule has 82 heavy (non-hydrogen) atoms. The Morgan fingerprint density at radius 1 is 0.585 bits per heavy atom. The SMILES string of the molecule is CC(=O)N[C@H]1[C@@H](O[C@H](C)[C@H](N)C(=O)N[C@H](C(=O)N2CCC[C@H]2C(=O)N[C@@H](C)C(=O)N[C@H](C(=O)N[C@H](C(=O)N[C@H](C(=O)N[C@@H](C(C)C)[C@H](C)C(=O)O)C(C)C)C(C)C)C(C)C)C(C)C)O[C@H](CO)[C@H](O)[C@@H]1O[C@@H]1O[C@H](CO)[C@H](O)[C@H](O)[C@H]1O. The van der Waals surface area contributed by atoms with Crippen LogP contribution in [0.5, 0.6) is 0 Å². The van der Waals surface area contributed by atoms with E-state index in [2.05, 4.69) is 37.2 Å². The van der Waals surface area contributed by atoms with Gasteiger partial charge < -0.3 is 103 Å². The van der Waals surface area contributed by atoms with Gasteiger partial charge in [0.05, 0.1) is 25.2 Å². The van der Waals surface area contributed by atoms with E-state index in [-0.39, 0.29) is 18.9 Å². The fourth-order valence-electron chi connectivity index (χ4n) is 9.84. The first-order chi connectivity index (χ1) is 38.1. The molecule has 0 radical (unpaired) electrons. The quantitative estimate of drug-likeness (QED) is 0.0351. The van der Waals surface area contributed by atoms with Gasteiger partial charge in [-0.2, -0.15) is 0 Å². The molecule has 16 N–H and O–H groups in total. The maximum atomic E-state index is 14.3. The highest BCUT2D eigenvalue weighted by molar-refractivity contribution is 5.97. The molecule has 3 aliphatic heterocycles. The summed E-state index contributed by atoms with van der Waals surface area (Å²) >= 11 is 0. The standard InChI is InChI=1S/C53H93N9O20/c1-20(2)33(25(11)51(77)78)57-47(73)35(22(5)6)59-49(75)36(23(7)8)60-48(74)34(21(3)4)58-44(70)26(12)55-45(71)29-16-15-17-62(29)50(76)37(24(9)10)61-46(72)32(54)27(13)79-52-38(56-28(14)65)43(40(67)31(19-64)80-52)82-53-42(69)41(68)39(66)30(18-63)81-53/h20-27,29-43,52-53,63-64,66-69H,15-19,54H2,1-14H3,(H,55,71)(H,56,65)(H,57,73)(H,58,70)(H,59,75)(H,60,74)(H,61,72)(H,77,78)/t25-,26-,27+,29-,30+,31+,32-,33-,34-,35-,36-,37-,38+,39-,40-,41-,42+,43+,52-,53-/m0/s1. The van der Waals surface area contributed by atoms with E-state index in [4.69, 9.17) is 24.7 Å².